The van der Waals surface area contributed by atoms with Gasteiger partial charge in [0.2, 0.25) is 0 Å². The predicted molar refractivity (Wildman–Crippen MR) is 138 cm³/mol. The Kier molecular flexibility index (Phi) is 17.5. The zero-order chi connectivity index (χ0) is 29.4. The molecule has 39 heavy (non-hydrogen) atoms. The number of carbonyl (C=O) groups is 2. The Balaban J connectivity index is 2.70. The highest BCUT2D eigenvalue weighted by molar-refractivity contribution is 7.47. The highest BCUT2D eigenvalue weighted by atomic mass is 31.2. The van der Waals surface area contributed by atoms with Gasteiger partial charge in [-0.05, 0) is 12.8 Å². The van der Waals surface area contributed by atoms with Gasteiger partial charge in [0.15, 0.2) is 6.10 Å². The van der Waals surface area contributed by atoms with Crippen LogP contribution in [0.5, 0.6) is 0 Å². The number of phosphoric acid groups is 1. The molecule has 13 nitrogen and oxygen atoms in total. The first kappa shape index (κ1) is 35.9. The molecule has 0 aliphatic heterocycles. The molecule has 0 heterocycles. The summed E-state index contributed by atoms with van der Waals surface area (Å²) < 4.78 is 32.6. The molecule has 8 atom stereocenters. The summed E-state index contributed by atoms with van der Waals surface area (Å²) in [6, 6.07) is 0. The van der Waals surface area contributed by atoms with Crippen LogP contribution < -0.4 is 0 Å². The molecule has 0 amide bonds. The number of rotatable bonds is 20. The van der Waals surface area contributed by atoms with Gasteiger partial charge in [0.05, 0.1) is 6.61 Å². The van der Waals surface area contributed by atoms with Crippen molar-refractivity contribution in [2.75, 3.05) is 13.2 Å². The standard InChI is InChI=1S/C25H47O13P/c1-3-5-7-9-11-13-18(26)35-15-17(37-19(27)14-12-10-8-6-4-2)16-36-39(33,34)38-25-23(31)21(29)20(28)22(30)24(25)32/h17,20-25,28-32H,3-16H2,1-2H3,(H,33,34)/t17-,20?,21-,22+,23-,24+,25?/m0/s1. The van der Waals surface area contributed by atoms with Crippen LogP contribution in [-0.2, 0) is 32.7 Å². The molecule has 1 aliphatic carbocycles. The third-order valence-electron chi connectivity index (χ3n) is 6.45. The molecule has 0 spiro atoms. The van der Waals surface area contributed by atoms with Gasteiger partial charge in [0.1, 0.15) is 43.2 Å². The number of aliphatic hydroxyl groups excluding tert-OH is 5. The van der Waals surface area contributed by atoms with E-state index in [9.17, 15) is 44.6 Å². The highest BCUT2D eigenvalue weighted by Gasteiger charge is 2.51. The summed E-state index contributed by atoms with van der Waals surface area (Å²) in [6.07, 6.45) is -3.78. The van der Waals surface area contributed by atoms with Crippen LogP contribution in [0.15, 0.2) is 0 Å². The van der Waals surface area contributed by atoms with Crippen LogP contribution in [0.3, 0.4) is 0 Å². The van der Waals surface area contributed by atoms with Crippen molar-refractivity contribution in [2.24, 2.45) is 0 Å². The van der Waals surface area contributed by atoms with Gasteiger partial charge in [0, 0.05) is 12.8 Å². The summed E-state index contributed by atoms with van der Waals surface area (Å²) >= 11 is 0. The molecule has 1 aliphatic rings. The smallest absolute Gasteiger partial charge is 0.462 e. The average Bonchev–Trinajstić information content (AvgIpc) is 2.90. The van der Waals surface area contributed by atoms with Crippen LogP contribution in [0, 0.1) is 0 Å². The molecule has 0 aromatic heterocycles. The van der Waals surface area contributed by atoms with Crippen molar-refractivity contribution < 1.29 is 63.1 Å². The summed E-state index contributed by atoms with van der Waals surface area (Å²) in [5, 5.41) is 49.3. The lowest BCUT2D eigenvalue weighted by Crippen LogP contribution is -2.64. The zero-order valence-corrected chi connectivity index (χ0v) is 23.8. The fourth-order valence-electron chi connectivity index (χ4n) is 4.05. The van der Waals surface area contributed by atoms with Crippen molar-refractivity contribution in [3.05, 3.63) is 0 Å². The quantitative estimate of drug-likeness (QED) is 0.0679. The molecule has 230 valence electrons. The summed E-state index contributed by atoms with van der Waals surface area (Å²) in [6.45, 7) is 2.98. The van der Waals surface area contributed by atoms with E-state index in [1.54, 1.807) is 0 Å². The molecular weight excluding hydrogens is 539 g/mol. The van der Waals surface area contributed by atoms with Gasteiger partial charge in [-0.2, -0.15) is 0 Å². The lowest BCUT2D eigenvalue weighted by atomic mass is 9.85. The van der Waals surface area contributed by atoms with E-state index in [1.165, 1.54) is 0 Å². The Morgan fingerprint density at radius 2 is 1.15 bits per heavy atom. The van der Waals surface area contributed by atoms with E-state index in [1.807, 2.05) is 0 Å². The van der Waals surface area contributed by atoms with E-state index in [0.717, 1.165) is 51.4 Å². The maximum Gasteiger partial charge on any atom is 0.472 e. The Morgan fingerprint density at radius 3 is 1.67 bits per heavy atom. The second-order valence-corrected chi connectivity index (χ2v) is 11.3. The molecule has 6 N–H and O–H groups in total. The van der Waals surface area contributed by atoms with Crippen molar-refractivity contribution >= 4 is 19.8 Å². The van der Waals surface area contributed by atoms with Gasteiger partial charge in [-0.25, -0.2) is 4.57 Å². The lowest BCUT2D eigenvalue weighted by molar-refractivity contribution is -0.220. The predicted octanol–water partition coefficient (Wildman–Crippen LogP) is 1.48. The van der Waals surface area contributed by atoms with Gasteiger partial charge >= 0.3 is 19.8 Å². The second-order valence-electron chi connectivity index (χ2n) is 9.91. The summed E-state index contributed by atoms with van der Waals surface area (Å²) in [5.41, 5.74) is 0. The Hall–Kier alpha value is -1.15. The van der Waals surface area contributed by atoms with E-state index < -0.39 is 75.7 Å². The molecule has 1 rings (SSSR count). The number of hydrogen-bond acceptors (Lipinski definition) is 12. The Labute approximate surface area is 230 Å². The SMILES string of the molecule is CCCCCCCC(=O)OC[C@@H](COP(=O)(O)OC1[C@@H](O)[C@@H](O)C(O)[C@@H](O)[C@H]1O)OC(=O)CCCCCCC. The number of phosphoric ester groups is 1. The minimum Gasteiger partial charge on any atom is -0.462 e. The van der Waals surface area contributed by atoms with E-state index in [-0.39, 0.29) is 12.8 Å². The number of aliphatic hydroxyl groups is 5. The summed E-state index contributed by atoms with van der Waals surface area (Å²) in [4.78, 5) is 34.5. The first-order valence-corrected chi connectivity index (χ1v) is 15.3. The van der Waals surface area contributed by atoms with Gasteiger partial charge < -0.3 is 39.9 Å². The molecule has 0 aromatic carbocycles. The van der Waals surface area contributed by atoms with Crippen LogP contribution in [0.4, 0.5) is 0 Å². The van der Waals surface area contributed by atoms with Crippen LogP contribution >= 0.6 is 7.82 Å². The summed E-state index contributed by atoms with van der Waals surface area (Å²) in [7, 11) is -5.07. The van der Waals surface area contributed by atoms with E-state index in [4.69, 9.17) is 18.5 Å². The topological polar surface area (TPSA) is 210 Å². The molecule has 0 aromatic rings. The third kappa shape index (κ3) is 13.8. The van der Waals surface area contributed by atoms with Crippen LogP contribution in [-0.4, -0.2) is 98.3 Å². The Morgan fingerprint density at radius 1 is 0.692 bits per heavy atom. The number of hydrogen-bond donors (Lipinski definition) is 6. The molecule has 3 unspecified atom stereocenters. The lowest BCUT2D eigenvalue weighted by Gasteiger charge is -2.41. The monoisotopic (exact) mass is 586 g/mol. The van der Waals surface area contributed by atoms with Crippen molar-refractivity contribution in [2.45, 2.75) is 134 Å². The molecular formula is C25H47O13P. The molecule has 0 radical (unpaired) electrons. The highest BCUT2D eigenvalue weighted by Crippen LogP contribution is 2.47. The van der Waals surface area contributed by atoms with Gasteiger partial charge in [0.25, 0.3) is 0 Å². The first-order chi connectivity index (χ1) is 18.4. The largest absolute Gasteiger partial charge is 0.472 e. The maximum absolute atomic E-state index is 12.5. The fraction of sp³-hybridized carbons (Fsp3) is 0.920. The van der Waals surface area contributed by atoms with Gasteiger partial charge in [-0.15, -0.1) is 0 Å². The third-order valence-corrected chi connectivity index (χ3v) is 7.43. The Bertz CT molecular complexity index is 735. The number of ether oxygens (including phenoxy) is 2. The second kappa shape index (κ2) is 19.1. The molecule has 0 saturated heterocycles. The zero-order valence-electron chi connectivity index (χ0n) is 22.9. The van der Waals surface area contributed by atoms with Crippen molar-refractivity contribution in [3.63, 3.8) is 0 Å². The molecule has 1 saturated carbocycles. The maximum atomic E-state index is 12.5. The van der Waals surface area contributed by atoms with Crippen molar-refractivity contribution in [3.8, 4) is 0 Å². The molecule has 14 heteroatoms. The van der Waals surface area contributed by atoms with Crippen LogP contribution in [0.2, 0.25) is 0 Å². The van der Waals surface area contributed by atoms with Crippen molar-refractivity contribution in [1.29, 1.82) is 0 Å². The molecule has 1 fully saturated rings. The van der Waals surface area contributed by atoms with Crippen LogP contribution in [0.1, 0.15) is 90.9 Å². The minimum absolute atomic E-state index is 0.0947. The normalized spacial score (nSPS) is 27.5. The fourth-order valence-corrected chi connectivity index (χ4v) is 5.02. The number of unbranched alkanes of at least 4 members (excludes halogenated alkanes) is 8. The van der Waals surface area contributed by atoms with Gasteiger partial charge in [-0.1, -0.05) is 65.2 Å². The average molecular weight is 587 g/mol. The molecule has 0 bridgehead atoms. The summed E-state index contributed by atoms with van der Waals surface area (Å²) in [5.74, 6) is -1.13. The van der Waals surface area contributed by atoms with E-state index in [2.05, 4.69) is 13.8 Å². The first-order valence-electron chi connectivity index (χ1n) is 13.8. The van der Waals surface area contributed by atoms with Crippen LogP contribution in [0.25, 0.3) is 0 Å². The minimum atomic E-state index is -5.07. The van der Waals surface area contributed by atoms with Gasteiger partial charge in [-0.3, -0.25) is 18.6 Å². The van der Waals surface area contributed by atoms with E-state index in [0.29, 0.717) is 12.8 Å². The number of carbonyl (C=O) groups excluding carboxylic acids is 2. The van der Waals surface area contributed by atoms with E-state index >= 15 is 0 Å². The number of esters is 2. The van der Waals surface area contributed by atoms with Crippen molar-refractivity contribution in [1.82, 2.24) is 0 Å².